The summed E-state index contributed by atoms with van der Waals surface area (Å²) in [6.45, 7) is 0. The number of Topliss-reactive ketones (excluding diaryl/α,β-unsaturated/α-hetero) is 1. The molecule has 0 saturated heterocycles. The van der Waals surface area contributed by atoms with Gasteiger partial charge < -0.3 is 27.6 Å². The molecule has 2 atom stereocenters. The highest BCUT2D eigenvalue weighted by molar-refractivity contribution is 9.13. The average molecular weight is 444 g/mol. The van der Waals surface area contributed by atoms with Crippen molar-refractivity contribution in [3.05, 3.63) is 20.6 Å². The van der Waals surface area contributed by atoms with Gasteiger partial charge >= 0.3 is 1.43 Å². The number of nitrogens with two attached hydrogens (primary N) is 1. The molecule has 0 spiro atoms. The molecule has 118 valence electrons. The Morgan fingerprint density at radius 2 is 1.90 bits per heavy atom. The number of hydrogen-bond acceptors (Lipinski definition) is 4. The van der Waals surface area contributed by atoms with Gasteiger partial charge in [-0.1, -0.05) is 6.42 Å². The molecule has 21 heavy (non-hydrogen) atoms. The maximum absolute atomic E-state index is 12.3. The summed E-state index contributed by atoms with van der Waals surface area (Å²) >= 11 is 7.03. The smallest absolute Gasteiger partial charge is 1.00 e. The fourth-order valence-electron chi connectivity index (χ4n) is 2.59. The zero-order chi connectivity index (χ0) is 14.9. The van der Waals surface area contributed by atoms with Gasteiger partial charge in [0.2, 0.25) is 0 Å². The minimum Gasteiger partial charge on any atom is -1.00 e. The van der Waals surface area contributed by atoms with E-state index in [1.165, 1.54) is 0 Å². The number of benzene rings is 1. The Hall–Kier alpha value is -0.300. The van der Waals surface area contributed by atoms with Crippen LogP contribution in [0.25, 0.3) is 0 Å². The number of rotatable bonds is 3. The van der Waals surface area contributed by atoms with Crippen molar-refractivity contribution in [3.8, 4) is 11.5 Å². The first kappa shape index (κ1) is 18.7. The van der Waals surface area contributed by atoms with E-state index in [2.05, 4.69) is 31.9 Å². The Balaban J connectivity index is 0.00000220. The predicted molar refractivity (Wildman–Crippen MR) is 85.6 cm³/mol. The molecule has 2 N–H and O–H groups in total. The van der Waals surface area contributed by atoms with E-state index in [0.29, 0.717) is 11.5 Å². The van der Waals surface area contributed by atoms with Gasteiger partial charge in [-0.05, 0) is 56.3 Å². The second-order valence-electron chi connectivity index (χ2n) is 4.82. The molecule has 0 radical (unpaired) electrons. The Kier molecular flexibility index (Phi) is 6.97. The molecule has 0 aromatic heterocycles. The largest absolute Gasteiger partial charge is 1.00 e. The number of carbonyl (C=O) groups is 1. The van der Waals surface area contributed by atoms with Crippen molar-refractivity contribution in [1.82, 2.24) is 0 Å². The third kappa shape index (κ3) is 3.55. The van der Waals surface area contributed by atoms with Gasteiger partial charge in [-0.2, -0.15) is 0 Å². The predicted octanol–water partition coefficient (Wildman–Crippen LogP) is 0.509. The summed E-state index contributed by atoms with van der Waals surface area (Å²) in [6, 6.07) is 1.49. The lowest BCUT2D eigenvalue weighted by atomic mass is 9.80. The molecule has 1 saturated carbocycles. The Morgan fingerprint density at radius 1 is 1.24 bits per heavy atom. The fourth-order valence-corrected chi connectivity index (χ4v) is 3.75. The van der Waals surface area contributed by atoms with Gasteiger partial charge in [0.15, 0.2) is 17.3 Å². The topological polar surface area (TPSA) is 61.5 Å². The first-order chi connectivity index (χ1) is 9.51. The van der Waals surface area contributed by atoms with Crippen molar-refractivity contribution in [2.75, 3.05) is 14.2 Å². The number of hydrogen-bond donors (Lipinski definition) is 1. The standard InChI is InChI=1S/C14H17Br2NO3.ClH/c1-19-10-6-8(11(15)12(16)14(10)20-2)7-4-3-5-9(17)13(7)18;/h6-7,9H,3-5,17H2,1-2H3;1H. The minimum atomic E-state index is -0.368. The van der Waals surface area contributed by atoms with Crippen LogP contribution in [0.3, 0.4) is 0 Å². The van der Waals surface area contributed by atoms with Gasteiger partial charge in [0.05, 0.1) is 24.7 Å². The van der Waals surface area contributed by atoms with E-state index in [-0.39, 0.29) is 31.6 Å². The van der Waals surface area contributed by atoms with Gasteiger partial charge in [-0.3, -0.25) is 4.79 Å². The maximum Gasteiger partial charge on any atom is 1.00 e. The summed E-state index contributed by atoms with van der Waals surface area (Å²) < 4.78 is 12.2. The summed E-state index contributed by atoms with van der Waals surface area (Å²) in [5.74, 6) is 1.11. The molecule has 1 aliphatic rings. The summed E-state index contributed by atoms with van der Waals surface area (Å²) in [5.41, 5.74) is 6.79. The highest BCUT2D eigenvalue weighted by Gasteiger charge is 2.32. The molecule has 2 rings (SSSR count). The Morgan fingerprint density at radius 3 is 2.48 bits per heavy atom. The fraction of sp³-hybridized carbons (Fsp3) is 0.500. The van der Waals surface area contributed by atoms with E-state index in [0.717, 1.165) is 33.8 Å². The molecular formula is C14H18Br2ClNO3. The van der Waals surface area contributed by atoms with Crippen molar-refractivity contribution in [1.29, 1.82) is 0 Å². The maximum atomic E-state index is 12.3. The van der Waals surface area contributed by atoms with E-state index in [4.69, 9.17) is 15.2 Å². The van der Waals surface area contributed by atoms with E-state index in [9.17, 15) is 4.79 Å². The normalized spacial score (nSPS) is 21.7. The van der Waals surface area contributed by atoms with E-state index < -0.39 is 0 Å². The van der Waals surface area contributed by atoms with Crippen LogP contribution in [-0.2, 0) is 4.79 Å². The molecule has 0 amide bonds. The summed E-state index contributed by atoms with van der Waals surface area (Å²) in [6.07, 6.45) is 2.53. The van der Waals surface area contributed by atoms with Gasteiger partial charge in [0.25, 0.3) is 0 Å². The van der Waals surface area contributed by atoms with Crippen LogP contribution in [0.1, 0.15) is 32.2 Å². The van der Waals surface area contributed by atoms with Crippen LogP contribution < -0.4 is 27.6 Å². The van der Waals surface area contributed by atoms with Crippen LogP contribution in [0.5, 0.6) is 11.5 Å². The van der Waals surface area contributed by atoms with Crippen LogP contribution in [0.4, 0.5) is 0 Å². The molecular weight excluding hydrogens is 425 g/mol. The van der Waals surface area contributed by atoms with E-state index >= 15 is 0 Å². The molecule has 1 aromatic carbocycles. The first-order valence-corrected chi connectivity index (χ1v) is 7.99. The monoisotopic (exact) mass is 441 g/mol. The lowest BCUT2D eigenvalue weighted by molar-refractivity contribution is -0.123. The number of methoxy groups -OCH3 is 2. The SMILES string of the molecule is COc1cc(C2CCCC(N)C2=O)c(Br)c(Br)c1OC.[Cl-].[H+]. The molecule has 0 bridgehead atoms. The highest BCUT2D eigenvalue weighted by Crippen LogP contribution is 2.46. The first-order valence-electron chi connectivity index (χ1n) is 6.40. The van der Waals surface area contributed by atoms with Gasteiger partial charge in [-0.25, -0.2) is 0 Å². The molecule has 1 aromatic rings. The molecule has 0 heterocycles. The van der Waals surface area contributed by atoms with Crippen molar-refractivity contribution in [2.45, 2.75) is 31.2 Å². The van der Waals surface area contributed by atoms with Gasteiger partial charge in [0, 0.05) is 10.4 Å². The Labute approximate surface area is 148 Å². The molecule has 0 aliphatic heterocycles. The third-order valence-corrected chi connectivity index (χ3v) is 5.82. The van der Waals surface area contributed by atoms with Gasteiger partial charge in [0.1, 0.15) is 0 Å². The molecule has 1 fully saturated rings. The summed E-state index contributed by atoms with van der Waals surface area (Å²) in [4.78, 5) is 12.3. The lowest BCUT2D eigenvalue weighted by Gasteiger charge is -2.27. The van der Waals surface area contributed by atoms with Crippen LogP contribution in [0.15, 0.2) is 15.0 Å². The van der Waals surface area contributed by atoms with Crippen LogP contribution in [-0.4, -0.2) is 26.0 Å². The van der Waals surface area contributed by atoms with Crippen molar-refractivity contribution < 1.29 is 28.1 Å². The zero-order valence-electron chi connectivity index (χ0n) is 12.8. The van der Waals surface area contributed by atoms with Gasteiger partial charge in [-0.15, -0.1) is 0 Å². The molecule has 7 heteroatoms. The van der Waals surface area contributed by atoms with Crippen molar-refractivity contribution in [2.24, 2.45) is 5.73 Å². The summed E-state index contributed by atoms with van der Waals surface area (Å²) in [5, 5.41) is 0. The highest BCUT2D eigenvalue weighted by atomic mass is 79.9. The summed E-state index contributed by atoms with van der Waals surface area (Å²) in [7, 11) is 3.16. The Bertz CT molecular complexity index is 545. The lowest BCUT2D eigenvalue weighted by Crippen LogP contribution is -3.00. The second kappa shape index (κ2) is 7.81. The third-order valence-electron chi connectivity index (χ3n) is 3.67. The number of halogens is 3. The van der Waals surface area contributed by atoms with Crippen molar-refractivity contribution >= 4 is 37.6 Å². The number of ether oxygens (including phenoxy) is 2. The number of ketones is 1. The minimum absolute atomic E-state index is 0. The van der Waals surface area contributed by atoms with Crippen LogP contribution in [0.2, 0.25) is 0 Å². The quantitative estimate of drug-likeness (QED) is 0.740. The zero-order valence-corrected chi connectivity index (χ0v) is 15.7. The van der Waals surface area contributed by atoms with Crippen LogP contribution >= 0.6 is 31.9 Å². The average Bonchev–Trinajstić information content (AvgIpc) is 2.45. The number of carbonyl (C=O) groups excluding carboxylic acids is 1. The van der Waals surface area contributed by atoms with E-state index in [1.54, 1.807) is 14.2 Å². The second-order valence-corrected chi connectivity index (χ2v) is 6.41. The molecule has 2 unspecified atom stereocenters. The van der Waals surface area contributed by atoms with E-state index in [1.807, 2.05) is 6.07 Å². The van der Waals surface area contributed by atoms with Crippen LogP contribution in [0, 0.1) is 0 Å². The molecule has 4 nitrogen and oxygen atoms in total. The molecule has 1 aliphatic carbocycles. The van der Waals surface area contributed by atoms with Crippen molar-refractivity contribution in [3.63, 3.8) is 0 Å².